The van der Waals surface area contributed by atoms with Crippen molar-refractivity contribution >= 4 is 23.2 Å². The number of hydrogen-bond acceptors (Lipinski definition) is 1. The van der Waals surface area contributed by atoms with Crippen LogP contribution in [0.4, 0.5) is 0 Å². The second-order valence-electron chi connectivity index (χ2n) is 10.8. The maximum Gasteiger partial charge on any atom is 0.124 e. The van der Waals surface area contributed by atoms with Crippen molar-refractivity contribution in [1.29, 1.82) is 0 Å². The molecular formula is C40H32Cl2O. The molecule has 6 rings (SSSR count). The van der Waals surface area contributed by atoms with Crippen LogP contribution in [0.2, 0.25) is 10.0 Å². The lowest BCUT2D eigenvalue weighted by Crippen LogP contribution is -2.45. The van der Waals surface area contributed by atoms with Crippen molar-refractivity contribution in [3.63, 3.8) is 0 Å². The molecule has 6 aromatic rings. The molecule has 3 heteroatoms. The first-order valence-electron chi connectivity index (χ1n) is 14.5. The van der Waals surface area contributed by atoms with Gasteiger partial charge in [-0.05, 0) is 57.6 Å². The topological polar surface area (TPSA) is 9.23 Å². The van der Waals surface area contributed by atoms with Crippen molar-refractivity contribution < 1.29 is 4.74 Å². The third-order valence-corrected chi connectivity index (χ3v) is 8.55. The number of rotatable bonds is 10. The lowest BCUT2D eigenvalue weighted by molar-refractivity contribution is -0.126. The minimum atomic E-state index is -0.867. The Morgan fingerprint density at radius 2 is 0.605 bits per heavy atom. The Labute approximate surface area is 264 Å². The minimum absolute atomic E-state index is 0.597. The van der Waals surface area contributed by atoms with Crippen LogP contribution in [0.5, 0.6) is 0 Å². The molecular weight excluding hydrogens is 567 g/mol. The smallest absolute Gasteiger partial charge is 0.124 e. The van der Waals surface area contributed by atoms with Crippen molar-refractivity contribution in [3.8, 4) is 0 Å². The summed E-state index contributed by atoms with van der Waals surface area (Å²) in [6.07, 6.45) is 1.19. The SMILES string of the molecule is Clc1ccc(CC(OC(Cc2ccc(Cl)cc2)(c2ccccc2)c2ccccc2)(c2ccccc2)c2ccccc2)cc1. The number of hydrogen-bond donors (Lipinski definition) is 0. The predicted molar refractivity (Wildman–Crippen MR) is 179 cm³/mol. The molecule has 0 fully saturated rings. The lowest BCUT2D eigenvalue weighted by Gasteiger charge is -2.46. The van der Waals surface area contributed by atoms with Gasteiger partial charge in [0.2, 0.25) is 0 Å². The summed E-state index contributed by atoms with van der Waals surface area (Å²) in [4.78, 5) is 0. The van der Waals surface area contributed by atoms with Crippen LogP contribution in [0, 0.1) is 0 Å². The van der Waals surface area contributed by atoms with Gasteiger partial charge in [0.15, 0.2) is 0 Å². The van der Waals surface area contributed by atoms with Crippen LogP contribution < -0.4 is 0 Å². The molecule has 0 aliphatic carbocycles. The van der Waals surface area contributed by atoms with Gasteiger partial charge in [-0.2, -0.15) is 0 Å². The maximum absolute atomic E-state index is 7.97. The summed E-state index contributed by atoms with van der Waals surface area (Å²) >= 11 is 12.7. The molecule has 0 aliphatic rings. The fourth-order valence-corrected chi connectivity index (χ4v) is 6.21. The summed E-state index contributed by atoms with van der Waals surface area (Å²) < 4.78 is 7.97. The van der Waals surface area contributed by atoms with Gasteiger partial charge < -0.3 is 4.74 Å². The van der Waals surface area contributed by atoms with E-state index in [4.69, 9.17) is 27.9 Å². The highest BCUT2D eigenvalue weighted by atomic mass is 35.5. The molecule has 0 aromatic heterocycles. The van der Waals surface area contributed by atoms with Gasteiger partial charge in [-0.25, -0.2) is 0 Å². The van der Waals surface area contributed by atoms with E-state index in [-0.39, 0.29) is 0 Å². The van der Waals surface area contributed by atoms with E-state index in [1.165, 1.54) is 0 Å². The van der Waals surface area contributed by atoms with E-state index < -0.39 is 11.2 Å². The molecule has 1 nitrogen and oxygen atoms in total. The second kappa shape index (κ2) is 13.0. The summed E-state index contributed by atoms with van der Waals surface area (Å²) in [5, 5.41) is 1.42. The van der Waals surface area contributed by atoms with Gasteiger partial charge in [-0.3, -0.25) is 0 Å². The van der Waals surface area contributed by atoms with E-state index in [1.807, 2.05) is 24.3 Å². The van der Waals surface area contributed by atoms with Crippen molar-refractivity contribution in [2.75, 3.05) is 0 Å². The molecule has 0 aliphatic heterocycles. The van der Waals surface area contributed by atoms with Gasteiger partial charge in [-0.1, -0.05) is 169 Å². The van der Waals surface area contributed by atoms with Gasteiger partial charge in [0, 0.05) is 22.9 Å². The average molecular weight is 600 g/mol. The largest absolute Gasteiger partial charge is 0.349 e. The maximum atomic E-state index is 7.97. The molecule has 0 atom stereocenters. The molecule has 0 saturated heterocycles. The third kappa shape index (κ3) is 6.31. The van der Waals surface area contributed by atoms with Crippen LogP contribution in [-0.2, 0) is 28.8 Å². The lowest BCUT2D eigenvalue weighted by atomic mass is 9.76. The zero-order valence-corrected chi connectivity index (χ0v) is 25.3. The minimum Gasteiger partial charge on any atom is -0.349 e. The van der Waals surface area contributed by atoms with E-state index in [0.717, 1.165) is 33.4 Å². The van der Waals surface area contributed by atoms with Gasteiger partial charge in [0.1, 0.15) is 11.2 Å². The molecule has 0 saturated carbocycles. The second-order valence-corrected chi connectivity index (χ2v) is 11.7. The highest BCUT2D eigenvalue weighted by Gasteiger charge is 2.46. The van der Waals surface area contributed by atoms with Crippen LogP contribution in [-0.4, -0.2) is 0 Å². The van der Waals surface area contributed by atoms with Crippen molar-refractivity contribution in [1.82, 2.24) is 0 Å². The first kappa shape index (κ1) is 29.0. The quantitative estimate of drug-likeness (QED) is 0.152. The normalized spacial score (nSPS) is 11.8. The fourth-order valence-electron chi connectivity index (χ4n) is 5.96. The molecule has 0 unspecified atom stereocenters. The van der Waals surface area contributed by atoms with E-state index in [1.54, 1.807) is 0 Å². The Bertz CT molecular complexity index is 1510. The first-order valence-corrected chi connectivity index (χ1v) is 15.2. The predicted octanol–water partition coefficient (Wildman–Crippen LogP) is 10.7. The van der Waals surface area contributed by atoms with Gasteiger partial charge >= 0.3 is 0 Å². The van der Waals surface area contributed by atoms with Crippen LogP contribution >= 0.6 is 23.2 Å². The number of ether oxygens (including phenoxy) is 1. The zero-order valence-electron chi connectivity index (χ0n) is 23.7. The van der Waals surface area contributed by atoms with E-state index in [0.29, 0.717) is 22.9 Å². The summed E-state index contributed by atoms with van der Waals surface area (Å²) in [5.41, 5.74) is 4.80. The molecule has 43 heavy (non-hydrogen) atoms. The van der Waals surface area contributed by atoms with Gasteiger partial charge in [-0.15, -0.1) is 0 Å². The molecule has 0 radical (unpaired) electrons. The van der Waals surface area contributed by atoms with Gasteiger partial charge in [0.25, 0.3) is 0 Å². The Morgan fingerprint density at radius 3 is 0.860 bits per heavy atom. The summed E-state index contributed by atoms with van der Waals surface area (Å²) in [6.45, 7) is 0. The molecule has 0 spiro atoms. The van der Waals surface area contributed by atoms with Crippen LogP contribution in [0.1, 0.15) is 33.4 Å². The summed E-state index contributed by atoms with van der Waals surface area (Å²) in [5.74, 6) is 0. The Hall–Kier alpha value is -4.14. The zero-order chi connectivity index (χ0) is 29.5. The highest BCUT2D eigenvalue weighted by molar-refractivity contribution is 6.30. The first-order chi connectivity index (χ1) is 21.1. The number of benzene rings is 6. The monoisotopic (exact) mass is 598 g/mol. The standard InChI is InChI=1S/C40H32Cl2O/c41-37-25-21-31(22-26-37)29-39(33-13-5-1-6-14-33,34-15-7-2-8-16-34)43-40(35-17-9-3-10-18-35,36-19-11-4-12-20-36)30-32-23-27-38(42)28-24-32/h1-28H,29-30H2. The molecule has 0 amide bonds. The van der Waals surface area contributed by atoms with Crippen molar-refractivity contribution in [2.24, 2.45) is 0 Å². The van der Waals surface area contributed by atoms with Crippen molar-refractivity contribution in [3.05, 3.63) is 213 Å². The number of halogens is 2. The molecule has 212 valence electrons. The molecule has 0 N–H and O–H groups in total. The molecule has 6 aromatic carbocycles. The van der Waals surface area contributed by atoms with Crippen LogP contribution in [0.3, 0.4) is 0 Å². The Balaban J connectivity index is 1.66. The average Bonchev–Trinajstić information content (AvgIpc) is 3.07. The highest BCUT2D eigenvalue weighted by Crippen LogP contribution is 2.48. The van der Waals surface area contributed by atoms with Gasteiger partial charge in [0.05, 0.1) is 0 Å². The van der Waals surface area contributed by atoms with Crippen LogP contribution in [0.25, 0.3) is 0 Å². The molecule has 0 heterocycles. The van der Waals surface area contributed by atoms with E-state index >= 15 is 0 Å². The third-order valence-electron chi connectivity index (χ3n) is 8.04. The summed E-state index contributed by atoms with van der Waals surface area (Å²) in [7, 11) is 0. The molecule has 0 bridgehead atoms. The van der Waals surface area contributed by atoms with E-state index in [9.17, 15) is 0 Å². The van der Waals surface area contributed by atoms with Crippen LogP contribution in [0.15, 0.2) is 170 Å². The Kier molecular flexibility index (Phi) is 8.77. The fraction of sp³-hybridized carbons (Fsp3) is 0.100. The van der Waals surface area contributed by atoms with Crippen molar-refractivity contribution in [2.45, 2.75) is 24.0 Å². The Morgan fingerprint density at radius 1 is 0.349 bits per heavy atom. The van der Waals surface area contributed by atoms with E-state index in [2.05, 4.69) is 146 Å². The summed E-state index contributed by atoms with van der Waals surface area (Å²) in [6, 6.07) is 58.5.